The van der Waals surface area contributed by atoms with Crippen molar-refractivity contribution in [2.75, 3.05) is 13.1 Å². The quantitative estimate of drug-likeness (QED) is 0.742. The van der Waals surface area contributed by atoms with Crippen LogP contribution in [-0.2, 0) is 12.8 Å². The average molecular weight is 291 g/mol. The molecule has 0 amide bonds. The fraction of sp³-hybridized carbons (Fsp3) is 0.429. The van der Waals surface area contributed by atoms with Gasteiger partial charge in [-0.15, -0.1) is 0 Å². The molecule has 0 aromatic heterocycles. The number of likely N-dealkylation sites (tertiary alicyclic amines) is 1. The summed E-state index contributed by atoms with van der Waals surface area (Å²) >= 11 is 0. The summed E-state index contributed by atoms with van der Waals surface area (Å²) in [6.07, 6.45) is 5.02. The number of benzene rings is 2. The van der Waals surface area contributed by atoms with Gasteiger partial charge in [-0.25, -0.2) is 0 Å². The lowest BCUT2D eigenvalue weighted by molar-refractivity contribution is 0.157. The van der Waals surface area contributed by atoms with Crippen LogP contribution in [0.1, 0.15) is 48.1 Å². The van der Waals surface area contributed by atoms with Crippen LogP contribution in [0.4, 0.5) is 0 Å². The molecule has 0 radical (unpaired) electrons. The maximum atomic E-state index is 2.73. The van der Waals surface area contributed by atoms with Crippen LogP contribution in [-0.4, -0.2) is 18.0 Å². The Morgan fingerprint density at radius 1 is 0.773 bits per heavy atom. The van der Waals surface area contributed by atoms with E-state index in [0.717, 1.165) is 5.92 Å². The van der Waals surface area contributed by atoms with Gasteiger partial charge in [-0.1, -0.05) is 55.5 Å². The van der Waals surface area contributed by atoms with Crippen LogP contribution in [0.3, 0.4) is 0 Å². The molecule has 0 saturated carbocycles. The number of fused-ring (bicyclic) bond motifs is 2. The van der Waals surface area contributed by atoms with E-state index in [1.54, 1.807) is 22.3 Å². The highest BCUT2D eigenvalue weighted by Crippen LogP contribution is 2.38. The fourth-order valence-electron chi connectivity index (χ4n) is 4.17. The molecule has 1 heteroatoms. The summed E-state index contributed by atoms with van der Waals surface area (Å²) in [5, 5.41) is 0. The van der Waals surface area contributed by atoms with Crippen molar-refractivity contribution in [2.24, 2.45) is 5.92 Å². The molecule has 0 unspecified atom stereocenters. The maximum Gasteiger partial charge on any atom is 0.0607 e. The van der Waals surface area contributed by atoms with Crippen molar-refractivity contribution in [3.8, 4) is 0 Å². The number of aryl methyl sites for hydroxylation is 2. The number of rotatable bonds is 1. The Morgan fingerprint density at radius 2 is 1.27 bits per heavy atom. The summed E-state index contributed by atoms with van der Waals surface area (Å²) in [6, 6.07) is 18.7. The van der Waals surface area contributed by atoms with E-state index in [-0.39, 0.29) is 0 Å². The van der Waals surface area contributed by atoms with Crippen molar-refractivity contribution in [1.29, 1.82) is 0 Å². The van der Waals surface area contributed by atoms with E-state index >= 15 is 0 Å². The summed E-state index contributed by atoms with van der Waals surface area (Å²) in [7, 11) is 0. The third-order valence-corrected chi connectivity index (χ3v) is 5.55. The van der Waals surface area contributed by atoms with Crippen LogP contribution in [0, 0.1) is 5.92 Å². The Balaban J connectivity index is 1.80. The van der Waals surface area contributed by atoms with Gasteiger partial charge in [0.05, 0.1) is 6.04 Å². The van der Waals surface area contributed by atoms with Crippen molar-refractivity contribution < 1.29 is 0 Å². The second kappa shape index (κ2) is 5.89. The molecule has 1 aliphatic heterocycles. The van der Waals surface area contributed by atoms with E-state index in [9.17, 15) is 0 Å². The summed E-state index contributed by atoms with van der Waals surface area (Å²) in [4.78, 5) is 2.73. The lowest BCUT2D eigenvalue weighted by atomic mass is 9.90. The fourth-order valence-corrected chi connectivity index (χ4v) is 4.17. The first-order valence-electron chi connectivity index (χ1n) is 8.72. The van der Waals surface area contributed by atoms with Gasteiger partial charge in [0, 0.05) is 0 Å². The minimum Gasteiger partial charge on any atom is -0.292 e. The molecule has 1 aliphatic carbocycles. The minimum absolute atomic E-state index is 0.461. The first-order valence-corrected chi connectivity index (χ1v) is 8.72. The Labute approximate surface area is 134 Å². The zero-order valence-corrected chi connectivity index (χ0v) is 13.5. The van der Waals surface area contributed by atoms with Crippen molar-refractivity contribution in [1.82, 2.24) is 4.90 Å². The highest BCUT2D eigenvalue weighted by atomic mass is 15.2. The largest absolute Gasteiger partial charge is 0.292 e. The van der Waals surface area contributed by atoms with Gasteiger partial charge in [0.25, 0.3) is 0 Å². The first-order chi connectivity index (χ1) is 10.8. The molecule has 0 N–H and O–H groups in total. The monoisotopic (exact) mass is 291 g/mol. The first kappa shape index (κ1) is 14.0. The number of hydrogen-bond acceptors (Lipinski definition) is 1. The van der Waals surface area contributed by atoms with Crippen LogP contribution < -0.4 is 0 Å². The molecule has 114 valence electrons. The van der Waals surface area contributed by atoms with Crippen LogP contribution in [0.15, 0.2) is 48.5 Å². The minimum atomic E-state index is 0.461. The van der Waals surface area contributed by atoms with E-state index in [4.69, 9.17) is 0 Å². The zero-order valence-electron chi connectivity index (χ0n) is 13.5. The Hall–Kier alpha value is -1.60. The van der Waals surface area contributed by atoms with Crippen molar-refractivity contribution in [3.63, 3.8) is 0 Å². The molecule has 4 rings (SSSR count). The second-order valence-electron chi connectivity index (χ2n) is 7.02. The van der Waals surface area contributed by atoms with E-state index in [0.29, 0.717) is 6.04 Å². The van der Waals surface area contributed by atoms with Crippen LogP contribution in [0.5, 0.6) is 0 Å². The highest BCUT2D eigenvalue weighted by Gasteiger charge is 2.30. The van der Waals surface area contributed by atoms with Crippen LogP contribution in [0.2, 0.25) is 0 Å². The average Bonchev–Trinajstić information content (AvgIpc) is 2.73. The number of nitrogens with zero attached hydrogens (tertiary/aromatic N) is 1. The molecule has 2 aromatic carbocycles. The summed E-state index contributed by atoms with van der Waals surface area (Å²) < 4.78 is 0. The van der Waals surface area contributed by atoms with Crippen LogP contribution in [0.25, 0.3) is 0 Å². The molecular formula is C21H25N. The van der Waals surface area contributed by atoms with Crippen LogP contribution >= 0.6 is 0 Å². The predicted molar refractivity (Wildman–Crippen MR) is 92.1 cm³/mol. The van der Waals surface area contributed by atoms with E-state index in [2.05, 4.69) is 60.4 Å². The van der Waals surface area contributed by atoms with Crippen molar-refractivity contribution >= 4 is 0 Å². The van der Waals surface area contributed by atoms with E-state index in [1.807, 2.05) is 0 Å². The van der Waals surface area contributed by atoms with Gasteiger partial charge in [0.1, 0.15) is 0 Å². The van der Waals surface area contributed by atoms with Crippen molar-refractivity contribution in [3.05, 3.63) is 70.8 Å². The Kier molecular flexibility index (Phi) is 3.75. The van der Waals surface area contributed by atoms with Gasteiger partial charge in [0.2, 0.25) is 0 Å². The lowest BCUT2D eigenvalue weighted by Crippen LogP contribution is -2.37. The Bertz CT molecular complexity index is 605. The maximum absolute atomic E-state index is 2.73. The molecule has 22 heavy (non-hydrogen) atoms. The molecule has 0 spiro atoms. The van der Waals surface area contributed by atoms with E-state index in [1.165, 1.54) is 38.8 Å². The lowest BCUT2D eigenvalue weighted by Gasteiger charge is -2.38. The van der Waals surface area contributed by atoms with Crippen molar-refractivity contribution in [2.45, 2.75) is 38.6 Å². The zero-order chi connectivity index (χ0) is 14.9. The van der Waals surface area contributed by atoms with E-state index < -0.39 is 0 Å². The van der Waals surface area contributed by atoms with Gasteiger partial charge in [-0.2, -0.15) is 0 Å². The molecule has 1 saturated heterocycles. The number of hydrogen-bond donors (Lipinski definition) is 0. The third kappa shape index (κ3) is 2.48. The SMILES string of the molecule is CC1CCN(C2c3ccccc3CCc3ccccc32)CC1. The molecule has 2 aromatic rings. The molecule has 0 bridgehead atoms. The van der Waals surface area contributed by atoms with Gasteiger partial charge < -0.3 is 0 Å². The molecule has 1 heterocycles. The highest BCUT2D eigenvalue weighted by molar-refractivity contribution is 5.44. The molecular weight excluding hydrogens is 266 g/mol. The van der Waals surface area contributed by atoms with Gasteiger partial charge in [0.15, 0.2) is 0 Å². The topological polar surface area (TPSA) is 3.24 Å². The Morgan fingerprint density at radius 3 is 1.82 bits per heavy atom. The standard InChI is InChI=1S/C21H25N/c1-16-12-14-22(15-13-16)21-19-8-4-2-6-17(19)10-11-18-7-3-5-9-20(18)21/h2-9,16,21H,10-15H2,1H3. The van der Waals surface area contributed by atoms with Gasteiger partial charge in [-0.05, 0) is 66.9 Å². The number of piperidine rings is 1. The molecule has 2 aliphatic rings. The third-order valence-electron chi connectivity index (χ3n) is 5.55. The second-order valence-corrected chi connectivity index (χ2v) is 7.02. The molecule has 1 fully saturated rings. The smallest absolute Gasteiger partial charge is 0.0607 e. The summed E-state index contributed by atoms with van der Waals surface area (Å²) in [5.41, 5.74) is 6.17. The normalized spacial score (nSPS) is 20.2. The molecule has 1 nitrogen and oxygen atoms in total. The predicted octanol–water partition coefficient (Wildman–Crippen LogP) is 4.61. The summed E-state index contributed by atoms with van der Waals surface area (Å²) in [5.74, 6) is 0.882. The summed E-state index contributed by atoms with van der Waals surface area (Å²) in [6.45, 7) is 4.86. The molecule has 0 atom stereocenters. The van der Waals surface area contributed by atoms with Gasteiger partial charge >= 0.3 is 0 Å². The van der Waals surface area contributed by atoms with Gasteiger partial charge in [-0.3, -0.25) is 4.90 Å².